The summed E-state index contributed by atoms with van der Waals surface area (Å²) in [6.45, 7) is 1.59. The largest absolute Gasteiger partial charge is 0.382 e. The first kappa shape index (κ1) is 15.1. The second-order valence-electron chi connectivity index (χ2n) is 6.80. The number of piperidine rings is 1. The van der Waals surface area contributed by atoms with E-state index in [1.165, 1.54) is 37.2 Å². The third-order valence-electron chi connectivity index (χ3n) is 5.25. The van der Waals surface area contributed by atoms with Gasteiger partial charge in [-0.05, 0) is 12.8 Å². The highest BCUT2D eigenvalue weighted by atomic mass is 32.1. The molecule has 1 saturated heterocycles. The van der Waals surface area contributed by atoms with E-state index in [-0.39, 0.29) is 0 Å². The van der Waals surface area contributed by atoms with E-state index in [9.17, 15) is 5.11 Å². The molecule has 0 unspecified atom stereocenters. The first-order valence-electron chi connectivity index (χ1n) is 8.44. The van der Waals surface area contributed by atoms with Crippen molar-refractivity contribution in [2.75, 3.05) is 18.0 Å². The maximum Gasteiger partial charge on any atom is 0.205 e. The molecule has 23 heavy (non-hydrogen) atoms. The average molecular weight is 333 g/mol. The highest BCUT2D eigenvalue weighted by Gasteiger charge is 2.38. The molecule has 0 radical (unpaired) electrons. The number of aliphatic hydroxyl groups is 1. The summed E-state index contributed by atoms with van der Waals surface area (Å²) < 4.78 is 6.50. The molecule has 0 aromatic carbocycles. The summed E-state index contributed by atoms with van der Waals surface area (Å²) in [7, 11) is 1.94. The van der Waals surface area contributed by atoms with Gasteiger partial charge in [-0.1, -0.05) is 12.8 Å². The number of imidazole rings is 1. The summed E-state index contributed by atoms with van der Waals surface area (Å²) in [5.41, 5.74) is -0.826. The lowest BCUT2D eigenvalue weighted by atomic mass is 9.90. The van der Waals surface area contributed by atoms with Gasteiger partial charge in [-0.25, -0.2) is 9.97 Å². The van der Waals surface area contributed by atoms with Crippen LogP contribution in [0.15, 0.2) is 12.4 Å². The summed E-state index contributed by atoms with van der Waals surface area (Å²) in [5.74, 6) is 2.36. The van der Waals surface area contributed by atoms with E-state index in [1.807, 2.05) is 17.8 Å². The number of nitrogens with zero attached hydrogens (tertiary/aromatic N) is 5. The molecule has 0 bridgehead atoms. The lowest BCUT2D eigenvalue weighted by molar-refractivity contribution is 0.000776. The molecule has 1 saturated carbocycles. The van der Waals surface area contributed by atoms with Gasteiger partial charge in [0, 0.05) is 62.8 Å². The maximum atomic E-state index is 10.9. The minimum absolute atomic E-state index is 0.564. The van der Waals surface area contributed by atoms with Crippen molar-refractivity contribution < 1.29 is 5.11 Å². The Kier molecular flexibility index (Phi) is 3.85. The molecule has 1 aliphatic heterocycles. The fraction of sp³-hybridized carbons (Fsp3) is 0.688. The molecular formula is C16H23N5OS. The molecule has 0 spiro atoms. The van der Waals surface area contributed by atoms with Crippen LogP contribution in [-0.2, 0) is 12.6 Å². The summed E-state index contributed by atoms with van der Waals surface area (Å²) in [6, 6.07) is 0. The van der Waals surface area contributed by atoms with Crippen molar-refractivity contribution in [1.29, 1.82) is 0 Å². The SMILES string of the molecule is Cn1ccnc1C1(O)CCN(c2nc(C3CCCC3)ns2)CC1. The number of hydrogen-bond donors (Lipinski definition) is 1. The van der Waals surface area contributed by atoms with Gasteiger partial charge in [-0.2, -0.15) is 4.37 Å². The van der Waals surface area contributed by atoms with Gasteiger partial charge in [0.15, 0.2) is 0 Å². The van der Waals surface area contributed by atoms with Crippen LogP contribution in [0.25, 0.3) is 0 Å². The first-order valence-corrected chi connectivity index (χ1v) is 9.22. The van der Waals surface area contributed by atoms with E-state index >= 15 is 0 Å². The quantitative estimate of drug-likeness (QED) is 0.934. The Balaban J connectivity index is 1.44. The van der Waals surface area contributed by atoms with E-state index in [1.54, 1.807) is 6.20 Å². The molecule has 3 heterocycles. The van der Waals surface area contributed by atoms with Crippen LogP contribution in [0, 0.1) is 0 Å². The Morgan fingerprint density at radius 2 is 2.00 bits per heavy atom. The molecular weight excluding hydrogens is 310 g/mol. The second-order valence-corrected chi connectivity index (χ2v) is 7.53. The number of rotatable bonds is 3. The van der Waals surface area contributed by atoms with E-state index in [4.69, 9.17) is 4.98 Å². The first-order chi connectivity index (χ1) is 11.2. The van der Waals surface area contributed by atoms with Crippen LogP contribution in [0.4, 0.5) is 5.13 Å². The minimum Gasteiger partial charge on any atom is -0.382 e. The van der Waals surface area contributed by atoms with Crippen LogP contribution < -0.4 is 4.90 Å². The van der Waals surface area contributed by atoms with Crippen LogP contribution >= 0.6 is 11.5 Å². The Morgan fingerprint density at radius 1 is 1.26 bits per heavy atom. The van der Waals surface area contributed by atoms with Crippen molar-refractivity contribution in [3.05, 3.63) is 24.0 Å². The molecule has 1 aliphatic carbocycles. The van der Waals surface area contributed by atoms with Gasteiger partial charge in [0.05, 0.1) is 0 Å². The van der Waals surface area contributed by atoms with Crippen molar-refractivity contribution in [3.8, 4) is 0 Å². The van der Waals surface area contributed by atoms with Crippen LogP contribution in [0.5, 0.6) is 0 Å². The van der Waals surface area contributed by atoms with Crippen LogP contribution in [0.3, 0.4) is 0 Å². The van der Waals surface area contributed by atoms with Gasteiger partial charge in [0.25, 0.3) is 0 Å². The molecule has 1 N–H and O–H groups in total. The number of aromatic nitrogens is 4. The highest BCUT2D eigenvalue weighted by molar-refractivity contribution is 7.09. The van der Waals surface area contributed by atoms with Gasteiger partial charge < -0.3 is 14.6 Å². The number of hydrogen-bond acceptors (Lipinski definition) is 6. The van der Waals surface area contributed by atoms with Gasteiger partial charge in [-0.3, -0.25) is 0 Å². The summed E-state index contributed by atoms with van der Waals surface area (Å²) in [4.78, 5) is 11.4. The smallest absolute Gasteiger partial charge is 0.205 e. The van der Waals surface area contributed by atoms with Gasteiger partial charge in [0.1, 0.15) is 17.2 Å². The van der Waals surface area contributed by atoms with Crippen molar-refractivity contribution >= 4 is 16.7 Å². The predicted octanol–water partition coefficient (Wildman–Crippen LogP) is 2.42. The van der Waals surface area contributed by atoms with E-state index < -0.39 is 5.60 Å². The van der Waals surface area contributed by atoms with Crippen molar-refractivity contribution in [3.63, 3.8) is 0 Å². The van der Waals surface area contributed by atoms with Gasteiger partial charge in [0.2, 0.25) is 5.13 Å². The lowest BCUT2D eigenvalue weighted by Crippen LogP contribution is -2.44. The number of anilines is 1. The molecule has 2 aromatic heterocycles. The van der Waals surface area contributed by atoms with Crippen LogP contribution in [-0.4, -0.2) is 37.1 Å². The van der Waals surface area contributed by atoms with Crippen molar-refractivity contribution in [1.82, 2.24) is 18.9 Å². The van der Waals surface area contributed by atoms with Gasteiger partial charge in [-0.15, -0.1) is 0 Å². The van der Waals surface area contributed by atoms with E-state index in [2.05, 4.69) is 14.3 Å². The zero-order valence-corrected chi connectivity index (χ0v) is 14.3. The molecule has 124 valence electrons. The Hall–Kier alpha value is -1.47. The molecule has 2 fully saturated rings. The van der Waals surface area contributed by atoms with E-state index in [0.29, 0.717) is 18.8 Å². The van der Waals surface area contributed by atoms with Crippen molar-refractivity contribution in [2.45, 2.75) is 50.0 Å². The third kappa shape index (κ3) is 2.76. The number of aryl methyl sites for hydroxylation is 1. The van der Waals surface area contributed by atoms with Gasteiger partial charge >= 0.3 is 0 Å². The zero-order valence-electron chi connectivity index (χ0n) is 13.5. The molecule has 6 nitrogen and oxygen atoms in total. The summed E-state index contributed by atoms with van der Waals surface area (Å²) in [5, 5.41) is 11.9. The van der Waals surface area contributed by atoms with Crippen LogP contribution in [0.1, 0.15) is 56.1 Å². The topological polar surface area (TPSA) is 67.1 Å². The molecule has 2 aliphatic rings. The molecule has 2 aromatic rings. The maximum absolute atomic E-state index is 10.9. The Labute approximate surface area is 140 Å². The highest BCUT2D eigenvalue weighted by Crippen LogP contribution is 2.37. The lowest BCUT2D eigenvalue weighted by Gasteiger charge is -2.37. The van der Waals surface area contributed by atoms with Crippen LogP contribution in [0.2, 0.25) is 0 Å². The normalized spacial score (nSPS) is 21.9. The average Bonchev–Trinajstić information content (AvgIpc) is 3.29. The second kappa shape index (κ2) is 5.87. The summed E-state index contributed by atoms with van der Waals surface area (Å²) in [6.07, 6.45) is 10.1. The monoisotopic (exact) mass is 333 g/mol. The molecule has 0 amide bonds. The van der Waals surface area contributed by atoms with E-state index in [0.717, 1.165) is 29.9 Å². The summed E-state index contributed by atoms with van der Waals surface area (Å²) >= 11 is 1.51. The Bertz CT molecular complexity index is 668. The fourth-order valence-corrected chi connectivity index (χ4v) is 4.61. The molecule has 7 heteroatoms. The van der Waals surface area contributed by atoms with Crippen molar-refractivity contribution in [2.24, 2.45) is 7.05 Å². The zero-order chi connectivity index (χ0) is 15.9. The fourth-order valence-electron chi connectivity index (χ4n) is 3.81. The molecule has 4 rings (SSSR count). The standard InChI is InChI=1S/C16H23N5OS/c1-20-11-8-17-14(20)16(22)6-9-21(10-7-16)15-18-13(19-23-15)12-4-2-3-5-12/h8,11-12,22H,2-7,9-10H2,1H3. The third-order valence-corrected chi connectivity index (χ3v) is 6.04. The predicted molar refractivity (Wildman–Crippen MR) is 89.7 cm³/mol. The Morgan fingerprint density at radius 3 is 2.65 bits per heavy atom. The minimum atomic E-state index is -0.826. The molecule has 0 atom stereocenters.